The van der Waals surface area contributed by atoms with E-state index in [1.807, 2.05) is 0 Å². The fraction of sp³-hybridized carbons (Fsp3) is 0.222. The molecule has 0 amide bonds. The lowest BCUT2D eigenvalue weighted by molar-refractivity contribution is -0.106. The van der Waals surface area contributed by atoms with E-state index in [1.165, 1.54) is 24.3 Å². The zero-order valence-electron chi connectivity index (χ0n) is 8.36. The molecule has 1 aromatic carbocycles. The quantitative estimate of drug-likeness (QED) is 0.846. The van der Waals surface area contributed by atoms with Gasteiger partial charge in [0.15, 0.2) is 5.75 Å². The molecule has 1 N–H and O–H groups in total. The molecule has 0 saturated heterocycles. The van der Waals surface area contributed by atoms with E-state index in [0.717, 1.165) is 0 Å². The summed E-state index contributed by atoms with van der Waals surface area (Å²) in [7, 11) is -4.48. The molecule has 8 heteroatoms. The van der Waals surface area contributed by atoms with Crippen molar-refractivity contribution in [3.05, 3.63) is 29.8 Å². The lowest BCUT2D eigenvalue weighted by atomic mass is 10.2. The summed E-state index contributed by atoms with van der Waals surface area (Å²) in [5, 5.41) is 0. The number of hydrogen-bond acceptors (Lipinski definition) is 3. The Morgan fingerprint density at radius 2 is 1.71 bits per heavy atom. The predicted molar refractivity (Wildman–Crippen MR) is 55.3 cm³/mol. The summed E-state index contributed by atoms with van der Waals surface area (Å²) < 4.78 is 59.6. The lowest BCUT2D eigenvalue weighted by Crippen LogP contribution is -2.27. The van der Waals surface area contributed by atoms with Crippen molar-refractivity contribution in [3.63, 3.8) is 0 Å². The molecular weight excluding hydrogens is 259 g/mol. The zero-order chi connectivity index (χ0) is 13.1. The first-order valence-corrected chi connectivity index (χ1v) is 5.99. The van der Waals surface area contributed by atoms with Gasteiger partial charge < -0.3 is 0 Å². The van der Waals surface area contributed by atoms with Crippen LogP contribution >= 0.6 is 0 Å². The number of rotatable bonds is 4. The van der Waals surface area contributed by atoms with Gasteiger partial charge in [0, 0.05) is 11.3 Å². The highest BCUT2D eigenvalue weighted by Crippen LogP contribution is 2.19. The van der Waals surface area contributed by atoms with Crippen molar-refractivity contribution >= 4 is 22.0 Å². The summed E-state index contributed by atoms with van der Waals surface area (Å²) in [5.74, 6) is -1.95. The Hall–Kier alpha value is -1.57. The number of aldehydes is 1. The minimum absolute atomic E-state index is 0.0279. The number of halogens is 3. The van der Waals surface area contributed by atoms with Crippen LogP contribution in [0, 0.1) is 0 Å². The molecule has 0 radical (unpaired) electrons. The monoisotopic (exact) mass is 267 g/mol. The van der Waals surface area contributed by atoms with Gasteiger partial charge in [0.05, 0.1) is 0 Å². The van der Waals surface area contributed by atoms with Gasteiger partial charge in [-0.25, -0.2) is 8.42 Å². The fourth-order valence-electron chi connectivity index (χ4n) is 1.06. The minimum Gasteiger partial charge on any atom is -0.298 e. The van der Waals surface area contributed by atoms with Crippen LogP contribution in [0.5, 0.6) is 0 Å². The molecule has 0 heterocycles. The number of sulfonamides is 1. The van der Waals surface area contributed by atoms with E-state index in [0.29, 0.717) is 11.8 Å². The Labute approximate surface area is 95.5 Å². The van der Waals surface area contributed by atoms with Crippen molar-refractivity contribution in [1.29, 1.82) is 0 Å². The van der Waals surface area contributed by atoms with Crippen molar-refractivity contribution in [2.24, 2.45) is 0 Å². The molecule has 1 rings (SSSR count). The second kappa shape index (κ2) is 4.74. The summed E-state index contributed by atoms with van der Waals surface area (Å²) in [6.45, 7) is 0. The molecule has 4 nitrogen and oxygen atoms in total. The van der Waals surface area contributed by atoms with Crippen LogP contribution in [-0.4, -0.2) is 26.6 Å². The Morgan fingerprint density at radius 1 is 1.18 bits per heavy atom. The third kappa shape index (κ3) is 4.85. The van der Waals surface area contributed by atoms with Crippen LogP contribution in [0.3, 0.4) is 0 Å². The summed E-state index contributed by atoms with van der Waals surface area (Å²) in [6.07, 6.45) is -4.26. The van der Waals surface area contributed by atoms with Crippen molar-refractivity contribution in [1.82, 2.24) is 0 Å². The van der Waals surface area contributed by atoms with Crippen LogP contribution in [0.4, 0.5) is 18.9 Å². The highest BCUT2D eigenvalue weighted by molar-refractivity contribution is 7.92. The molecular formula is C9H8F3NO3S. The highest BCUT2D eigenvalue weighted by Gasteiger charge is 2.35. The molecule has 1 aromatic rings. The molecule has 0 aliphatic heterocycles. The SMILES string of the molecule is O=Cc1ccc(NS(=O)(=O)CC(F)(F)F)cc1. The highest BCUT2D eigenvalue weighted by atomic mass is 32.2. The summed E-state index contributed by atoms with van der Waals surface area (Å²) in [6, 6.07) is 4.99. The summed E-state index contributed by atoms with van der Waals surface area (Å²) >= 11 is 0. The van der Waals surface area contributed by atoms with Crippen LogP contribution in [-0.2, 0) is 10.0 Å². The number of anilines is 1. The van der Waals surface area contributed by atoms with Gasteiger partial charge in [-0.2, -0.15) is 13.2 Å². The molecule has 0 unspecified atom stereocenters. The molecule has 0 atom stereocenters. The van der Waals surface area contributed by atoms with Crippen LogP contribution in [0.25, 0.3) is 0 Å². The maximum Gasteiger partial charge on any atom is 0.404 e. The Kier molecular flexibility index (Phi) is 3.76. The number of hydrogen-bond donors (Lipinski definition) is 1. The maximum absolute atomic E-state index is 11.9. The predicted octanol–water partition coefficient (Wildman–Crippen LogP) is 1.80. The molecule has 0 aliphatic carbocycles. The first kappa shape index (κ1) is 13.5. The molecule has 0 fully saturated rings. The lowest BCUT2D eigenvalue weighted by Gasteiger charge is -2.10. The minimum atomic E-state index is -4.80. The molecule has 0 bridgehead atoms. The van der Waals surface area contributed by atoms with E-state index in [1.54, 1.807) is 4.72 Å². The average Bonchev–Trinajstić information content (AvgIpc) is 2.14. The average molecular weight is 267 g/mol. The van der Waals surface area contributed by atoms with Gasteiger partial charge in [0.25, 0.3) is 0 Å². The number of benzene rings is 1. The maximum atomic E-state index is 11.9. The van der Waals surface area contributed by atoms with Gasteiger partial charge in [-0.05, 0) is 24.3 Å². The second-order valence-corrected chi connectivity index (χ2v) is 4.94. The van der Waals surface area contributed by atoms with Gasteiger partial charge in [-0.1, -0.05) is 0 Å². The normalized spacial score (nSPS) is 12.2. The van der Waals surface area contributed by atoms with Gasteiger partial charge in [0.1, 0.15) is 6.29 Å². The molecule has 94 valence electrons. The van der Waals surface area contributed by atoms with Gasteiger partial charge in [0.2, 0.25) is 10.0 Å². The molecule has 17 heavy (non-hydrogen) atoms. The van der Waals surface area contributed by atoms with E-state index in [9.17, 15) is 26.4 Å². The molecule has 0 spiro atoms. The molecule has 0 aliphatic rings. The zero-order valence-corrected chi connectivity index (χ0v) is 9.18. The number of carbonyl (C=O) groups is 1. The third-order valence-corrected chi connectivity index (χ3v) is 2.93. The van der Waals surface area contributed by atoms with Gasteiger partial charge in [-0.3, -0.25) is 9.52 Å². The van der Waals surface area contributed by atoms with Crippen molar-refractivity contribution in [2.75, 3.05) is 10.5 Å². The van der Waals surface area contributed by atoms with Crippen molar-refractivity contribution in [2.45, 2.75) is 6.18 Å². The topological polar surface area (TPSA) is 63.2 Å². The van der Waals surface area contributed by atoms with Crippen LogP contribution in [0.1, 0.15) is 10.4 Å². The van der Waals surface area contributed by atoms with Crippen LogP contribution in [0.2, 0.25) is 0 Å². The standard InChI is InChI=1S/C9H8F3NO3S/c10-9(11,12)6-17(15,16)13-8-3-1-7(5-14)2-4-8/h1-5,13H,6H2. The Bertz CT molecular complexity index is 493. The Balaban J connectivity index is 2.80. The van der Waals surface area contributed by atoms with Crippen molar-refractivity contribution in [3.8, 4) is 0 Å². The number of nitrogens with one attached hydrogen (secondary N) is 1. The largest absolute Gasteiger partial charge is 0.404 e. The fourth-order valence-corrected chi connectivity index (χ4v) is 2.06. The first-order valence-electron chi connectivity index (χ1n) is 4.34. The Morgan fingerprint density at radius 3 is 2.12 bits per heavy atom. The van der Waals surface area contributed by atoms with E-state index in [4.69, 9.17) is 0 Å². The second-order valence-electron chi connectivity index (χ2n) is 3.22. The van der Waals surface area contributed by atoms with Crippen LogP contribution in [0.15, 0.2) is 24.3 Å². The summed E-state index contributed by atoms with van der Waals surface area (Å²) in [4.78, 5) is 10.3. The van der Waals surface area contributed by atoms with E-state index in [-0.39, 0.29) is 5.69 Å². The van der Waals surface area contributed by atoms with Crippen LogP contribution < -0.4 is 4.72 Å². The van der Waals surface area contributed by atoms with E-state index >= 15 is 0 Å². The van der Waals surface area contributed by atoms with Gasteiger partial charge in [-0.15, -0.1) is 0 Å². The molecule has 0 saturated carbocycles. The summed E-state index contributed by atoms with van der Waals surface area (Å²) in [5.41, 5.74) is 0.267. The van der Waals surface area contributed by atoms with E-state index < -0.39 is 22.0 Å². The van der Waals surface area contributed by atoms with E-state index in [2.05, 4.69) is 0 Å². The number of carbonyl (C=O) groups excluding carboxylic acids is 1. The number of alkyl halides is 3. The van der Waals surface area contributed by atoms with Gasteiger partial charge >= 0.3 is 6.18 Å². The third-order valence-electron chi connectivity index (χ3n) is 1.67. The molecule has 0 aromatic heterocycles. The smallest absolute Gasteiger partial charge is 0.298 e. The first-order chi connectivity index (χ1) is 7.72. The van der Waals surface area contributed by atoms with Crippen molar-refractivity contribution < 1.29 is 26.4 Å².